The predicted molar refractivity (Wildman–Crippen MR) is 73.2 cm³/mol. The molecule has 0 aromatic heterocycles. The fraction of sp³-hybridized carbons (Fsp3) is 0.467. The first-order valence-corrected chi connectivity index (χ1v) is 7.12. The number of likely N-dealkylation sites (tertiary alicyclic amines) is 1. The number of nitrogens with one attached hydrogen (secondary N) is 1. The fourth-order valence-electron chi connectivity index (χ4n) is 3.14. The van der Waals surface area contributed by atoms with E-state index in [-0.39, 0.29) is 35.1 Å². The van der Waals surface area contributed by atoms with E-state index in [9.17, 15) is 19.1 Å². The Morgan fingerprint density at radius 1 is 1.38 bits per heavy atom. The molecule has 1 aromatic rings. The Bertz CT molecular complexity index is 590. The van der Waals surface area contributed by atoms with Gasteiger partial charge in [0.2, 0.25) is 5.91 Å². The zero-order valence-electron chi connectivity index (χ0n) is 11.5. The van der Waals surface area contributed by atoms with Crippen molar-refractivity contribution in [3.8, 4) is 5.75 Å². The summed E-state index contributed by atoms with van der Waals surface area (Å²) < 4.78 is 13.8. The van der Waals surface area contributed by atoms with E-state index < -0.39 is 5.82 Å². The Labute approximate surface area is 121 Å². The Balaban J connectivity index is 1.73. The molecular weight excluding hydrogens is 275 g/mol. The van der Waals surface area contributed by atoms with E-state index in [1.807, 2.05) is 0 Å². The van der Waals surface area contributed by atoms with Crippen molar-refractivity contribution >= 4 is 11.8 Å². The Hall–Kier alpha value is -2.11. The van der Waals surface area contributed by atoms with Crippen LogP contribution in [0.5, 0.6) is 5.75 Å². The highest BCUT2D eigenvalue weighted by Gasteiger charge is 2.35. The van der Waals surface area contributed by atoms with Crippen LogP contribution < -0.4 is 5.32 Å². The van der Waals surface area contributed by atoms with Crippen molar-refractivity contribution in [1.29, 1.82) is 0 Å². The number of carbonyl (C=O) groups excluding carboxylic acids is 2. The first kappa shape index (κ1) is 13.9. The Kier molecular flexibility index (Phi) is 3.53. The van der Waals surface area contributed by atoms with Crippen molar-refractivity contribution in [2.24, 2.45) is 5.92 Å². The lowest BCUT2D eigenvalue weighted by Gasteiger charge is -2.41. The minimum Gasteiger partial charge on any atom is -0.508 e. The number of halogens is 1. The van der Waals surface area contributed by atoms with Crippen LogP contribution in [0.15, 0.2) is 18.2 Å². The number of nitrogens with zero attached hydrogens (tertiary/aromatic N) is 1. The number of hydrogen-bond acceptors (Lipinski definition) is 3. The Morgan fingerprint density at radius 2 is 2.19 bits per heavy atom. The van der Waals surface area contributed by atoms with Crippen LogP contribution in [-0.2, 0) is 4.79 Å². The maximum absolute atomic E-state index is 13.8. The molecule has 2 unspecified atom stereocenters. The third-order valence-electron chi connectivity index (χ3n) is 4.29. The number of carbonyl (C=O) groups is 2. The maximum atomic E-state index is 13.8. The van der Waals surface area contributed by atoms with Gasteiger partial charge in [0.05, 0.1) is 5.56 Å². The standard InChI is InChI=1S/C15H17FN2O3/c16-12-7-10(19)2-3-11(12)15(21)18-6-5-13-9(8-18)1-4-14(20)17-13/h2-3,7,9,13,19H,1,4-6,8H2,(H,17,20). The molecule has 21 heavy (non-hydrogen) atoms. The van der Waals surface area contributed by atoms with Crippen molar-refractivity contribution < 1.29 is 19.1 Å². The SMILES string of the molecule is O=C1CCC2CN(C(=O)c3ccc(O)cc3F)CCC2N1. The molecule has 2 saturated heterocycles. The van der Waals surface area contributed by atoms with Crippen LogP contribution in [0.1, 0.15) is 29.6 Å². The van der Waals surface area contributed by atoms with Gasteiger partial charge in [-0.15, -0.1) is 0 Å². The second-order valence-electron chi connectivity index (χ2n) is 5.68. The van der Waals surface area contributed by atoms with E-state index in [0.717, 1.165) is 12.5 Å². The zero-order valence-corrected chi connectivity index (χ0v) is 11.5. The van der Waals surface area contributed by atoms with Gasteiger partial charge in [0.1, 0.15) is 11.6 Å². The van der Waals surface area contributed by atoms with Gasteiger partial charge in [0.15, 0.2) is 0 Å². The van der Waals surface area contributed by atoms with Crippen molar-refractivity contribution in [3.63, 3.8) is 0 Å². The van der Waals surface area contributed by atoms with Gasteiger partial charge in [-0.05, 0) is 30.9 Å². The molecule has 5 nitrogen and oxygen atoms in total. The van der Waals surface area contributed by atoms with Gasteiger partial charge < -0.3 is 15.3 Å². The Morgan fingerprint density at radius 3 is 2.95 bits per heavy atom. The fourth-order valence-corrected chi connectivity index (χ4v) is 3.14. The molecule has 0 bridgehead atoms. The van der Waals surface area contributed by atoms with Crippen LogP contribution in [0.2, 0.25) is 0 Å². The molecule has 2 fully saturated rings. The van der Waals surface area contributed by atoms with Crippen LogP contribution in [0.3, 0.4) is 0 Å². The lowest BCUT2D eigenvalue weighted by Crippen LogP contribution is -2.55. The summed E-state index contributed by atoms with van der Waals surface area (Å²) >= 11 is 0. The van der Waals surface area contributed by atoms with Crippen molar-refractivity contribution in [1.82, 2.24) is 10.2 Å². The summed E-state index contributed by atoms with van der Waals surface area (Å²) in [6.07, 6.45) is 1.94. The number of aromatic hydroxyl groups is 1. The molecule has 2 aliphatic heterocycles. The minimum absolute atomic E-state index is 0.0221. The van der Waals surface area contributed by atoms with Gasteiger partial charge in [0, 0.05) is 31.6 Å². The number of phenolic OH excluding ortho intramolecular Hbond substituents is 1. The van der Waals surface area contributed by atoms with Gasteiger partial charge >= 0.3 is 0 Å². The molecule has 2 N–H and O–H groups in total. The van der Waals surface area contributed by atoms with E-state index in [1.165, 1.54) is 12.1 Å². The average Bonchev–Trinajstić information content (AvgIpc) is 2.46. The van der Waals surface area contributed by atoms with Gasteiger partial charge in [-0.3, -0.25) is 9.59 Å². The predicted octanol–water partition coefficient (Wildman–Crippen LogP) is 1.27. The normalized spacial score (nSPS) is 25.2. The molecule has 0 aliphatic carbocycles. The summed E-state index contributed by atoms with van der Waals surface area (Å²) in [6.45, 7) is 1.03. The summed E-state index contributed by atoms with van der Waals surface area (Å²) in [7, 11) is 0. The molecule has 1 aromatic carbocycles. The summed E-state index contributed by atoms with van der Waals surface area (Å²) in [5.41, 5.74) is -0.0221. The highest BCUT2D eigenvalue weighted by Crippen LogP contribution is 2.27. The van der Waals surface area contributed by atoms with Crippen LogP contribution in [0.4, 0.5) is 4.39 Å². The van der Waals surface area contributed by atoms with E-state index in [0.29, 0.717) is 25.9 Å². The highest BCUT2D eigenvalue weighted by molar-refractivity contribution is 5.94. The number of benzene rings is 1. The molecule has 6 heteroatoms. The van der Waals surface area contributed by atoms with E-state index in [1.54, 1.807) is 4.90 Å². The molecule has 112 valence electrons. The van der Waals surface area contributed by atoms with E-state index in [2.05, 4.69) is 5.32 Å². The first-order chi connectivity index (χ1) is 10.0. The monoisotopic (exact) mass is 292 g/mol. The minimum atomic E-state index is -0.709. The third-order valence-corrected chi connectivity index (χ3v) is 4.29. The molecule has 0 saturated carbocycles. The van der Waals surface area contributed by atoms with Crippen molar-refractivity contribution in [3.05, 3.63) is 29.6 Å². The van der Waals surface area contributed by atoms with Crippen LogP contribution in [0.25, 0.3) is 0 Å². The molecule has 0 spiro atoms. The largest absolute Gasteiger partial charge is 0.508 e. The third kappa shape index (κ3) is 2.70. The molecule has 2 amide bonds. The highest BCUT2D eigenvalue weighted by atomic mass is 19.1. The lowest BCUT2D eigenvalue weighted by molar-refractivity contribution is -0.125. The quantitative estimate of drug-likeness (QED) is 0.819. The molecule has 2 aliphatic rings. The number of amides is 2. The van der Waals surface area contributed by atoms with E-state index >= 15 is 0 Å². The second-order valence-corrected chi connectivity index (χ2v) is 5.68. The molecule has 0 radical (unpaired) electrons. The summed E-state index contributed by atoms with van der Waals surface area (Å²) in [4.78, 5) is 25.4. The van der Waals surface area contributed by atoms with Crippen molar-refractivity contribution in [2.45, 2.75) is 25.3 Å². The number of rotatable bonds is 1. The number of fused-ring (bicyclic) bond motifs is 1. The van der Waals surface area contributed by atoms with Gasteiger partial charge in [-0.2, -0.15) is 0 Å². The topological polar surface area (TPSA) is 69.6 Å². The van der Waals surface area contributed by atoms with E-state index in [4.69, 9.17) is 0 Å². The lowest BCUT2D eigenvalue weighted by atomic mass is 9.85. The molecule has 2 atom stereocenters. The number of piperidine rings is 2. The summed E-state index contributed by atoms with van der Waals surface area (Å²) in [6, 6.07) is 3.69. The first-order valence-electron chi connectivity index (χ1n) is 7.12. The summed E-state index contributed by atoms with van der Waals surface area (Å²) in [5.74, 6) is -0.958. The van der Waals surface area contributed by atoms with Crippen molar-refractivity contribution in [2.75, 3.05) is 13.1 Å². The van der Waals surface area contributed by atoms with Gasteiger partial charge in [-0.1, -0.05) is 0 Å². The molecule has 2 heterocycles. The van der Waals surface area contributed by atoms with Crippen LogP contribution in [0, 0.1) is 11.7 Å². The smallest absolute Gasteiger partial charge is 0.256 e. The van der Waals surface area contributed by atoms with Gasteiger partial charge in [-0.25, -0.2) is 4.39 Å². The zero-order chi connectivity index (χ0) is 15.0. The number of hydrogen-bond donors (Lipinski definition) is 2. The number of phenols is 1. The molecular formula is C15H17FN2O3. The average molecular weight is 292 g/mol. The molecule has 3 rings (SSSR count). The second kappa shape index (κ2) is 5.35. The van der Waals surface area contributed by atoms with Gasteiger partial charge in [0.25, 0.3) is 5.91 Å². The van der Waals surface area contributed by atoms with Crippen LogP contribution >= 0.6 is 0 Å². The summed E-state index contributed by atoms with van der Waals surface area (Å²) in [5, 5.41) is 12.2. The maximum Gasteiger partial charge on any atom is 0.256 e. The van der Waals surface area contributed by atoms with Crippen LogP contribution in [-0.4, -0.2) is 41.0 Å².